The molecule has 0 aliphatic heterocycles. The van der Waals surface area contributed by atoms with Gasteiger partial charge >= 0.3 is 12.1 Å². The largest absolute Gasteiger partial charge is 0.467 e. The molecule has 0 spiro atoms. The number of methoxy groups -OCH3 is 1. The van der Waals surface area contributed by atoms with E-state index in [-0.39, 0.29) is 18.3 Å². The van der Waals surface area contributed by atoms with Crippen LogP contribution in [-0.2, 0) is 25.5 Å². The maximum atomic E-state index is 12.2. The van der Waals surface area contributed by atoms with Crippen LogP contribution in [0.4, 0.5) is 4.79 Å². The van der Waals surface area contributed by atoms with E-state index in [9.17, 15) is 14.4 Å². The highest BCUT2D eigenvalue weighted by Gasteiger charge is 2.36. The summed E-state index contributed by atoms with van der Waals surface area (Å²) in [6, 6.07) is 8.45. The van der Waals surface area contributed by atoms with E-state index < -0.39 is 23.5 Å². The summed E-state index contributed by atoms with van der Waals surface area (Å²) in [7, 11) is 1.27. The summed E-state index contributed by atoms with van der Waals surface area (Å²) >= 11 is 0. The fourth-order valence-electron chi connectivity index (χ4n) is 2.81. The molecule has 1 amide bonds. The second kappa shape index (κ2) is 9.16. The predicted octanol–water partition coefficient (Wildman–Crippen LogP) is 2.83. The Balaban J connectivity index is 1.93. The lowest BCUT2D eigenvalue weighted by Crippen LogP contribution is -2.44. The third kappa shape index (κ3) is 5.29. The summed E-state index contributed by atoms with van der Waals surface area (Å²) in [5.41, 5.74) is 0.166. The fourth-order valence-corrected chi connectivity index (χ4v) is 2.81. The minimum atomic E-state index is -0.852. The number of nitrogens with one attached hydrogen (secondary N) is 1. The van der Waals surface area contributed by atoms with Gasteiger partial charge in [0.25, 0.3) is 0 Å². The van der Waals surface area contributed by atoms with E-state index >= 15 is 0 Å². The molecule has 1 aliphatic carbocycles. The minimum Gasteiger partial charge on any atom is -0.467 e. The summed E-state index contributed by atoms with van der Waals surface area (Å²) in [5, 5.41) is 2.55. The van der Waals surface area contributed by atoms with Gasteiger partial charge in [-0.15, -0.1) is 0 Å². The van der Waals surface area contributed by atoms with Crippen molar-refractivity contribution in [3.63, 3.8) is 0 Å². The average Bonchev–Trinajstić information content (AvgIpc) is 2.68. The van der Waals surface area contributed by atoms with E-state index in [4.69, 9.17) is 9.47 Å². The summed E-state index contributed by atoms with van der Waals surface area (Å²) < 4.78 is 10.0. The molecule has 144 valence electrons. The van der Waals surface area contributed by atoms with Crippen molar-refractivity contribution in [2.75, 3.05) is 13.7 Å². The number of allylic oxidation sites excluding steroid dienone is 4. The second-order valence-electron chi connectivity index (χ2n) is 6.77. The zero-order valence-corrected chi connectivity index (χ0v) is 15.8. The number of rotatable bonds is 7. The van der Waals surface area contributed by atoms with Crippen molar-refractivity contribution in [2.24, 2.45) is 11.3 Å². The lowest BCUT2D eigenvalue weighted by atomic mass is 9.73. The van der Waals surface area contributed by atoms with Gasteiger partial charge < -0.3 is 14.8 Å². The van der Waals surface area contributed by atoms with Gasteiger partial charge in [0.2, 0.25) is 0 Å². The number of alkyl carbamates (subject to hydrolysis) is 1. The van der Waals surface area contributed by atoms with E-state index in [1.807, 2.05) is 56.3 Å². The standard InChI is InChI=1S/C21H25NO5/c1-15(21(2)12-8-7-11-18(21)23)14-27-20(25)22-17(19(24)26-3)13-16-9-5-4-6-10-16/h4-12,15,17H,13-14H2,1-3H3,(H,22,25). The van der Waals surface area contributed by atoms with Crippen LogP contribution in [-0.4, -0.2) is 37.6 Å². The van der Waals surface area contributed by atoms with Crippen molar-refractivity contribution in [1.82, 2.24) is 5.32 Å². The molecule has 1 N–H and O–H groups in total. The van der Waals surface area contributed by atoms with Crippen LogP contribution in [0, 0.1) is 11.3 Å². The van der Waals surface area contributed by atoms with Crippen molar-refractivity contribution in [3.8, 4) is 0 Å². The molecule has 27 heavy (non-hydrogen) atoms. The predicted molar refractivity (Wildman–Crippen MR) is 101 cm³/mol. The lowest BCUT2D eigenvalue weighted by molar-refractivity contribution is -0.143. The number of amides is 1. The molecule has 6 heteroatoms. The molecule has 0 fully saturated rings. The third-order valence-corrected chi connectivity index (χ3v) is 4.88. The number of carbonyl (C=O) groups is 3. The van der Waals surface area contributed by atoms with Crippen LogP contribution in [0.1, 0.15) is 19.4 Å². The number of esters is 1. The third-order valence-electron chi connectivity index (χ3n) is 4.88. The first-order chi connectivity index (χ1) is 12.9. The van der Waals surface area contributed by atoms with Crippen LogP contribution in [0.25, 0.3) is 0 Å². The molecule has 3 atom stereocenters. The van der Waals surface area contributed by atoms with Crippen LogP contribution >= 0.6 is 0 Å². The first kappa shape index (κ1) is 20.4. The quantitative estimate of drug-likeness (QED) is 0.746. The summed E-state index contributed by atoms with van der Waals surface area (Å²) in [6.07, 6.45) is 6.40. The maximum Gasteiger partial charge on any atom is 0.407 e. The Morgan fingerprint density at radius 3 is 2.52 bits per heavy atom. The smallest absolute Gasteiger partial charge is 0.407 e. The van der Waals surface area contributed by atoms with Crippen LogP contribution in [0.5, 0.6) is 0 Å². The highest BCUT2D eigenvalue weighted by atomic mass is 16.6. The Hall–Kier alpha value is -2.89. The highest BCUT2D eigenvalue weighted by molar-refractivity contribution is 5.97. The van der Waals surface area contributed by atoms with Crippen LogP contribution in [0.15, 0.2) is 54.6 Å². The Labute approximate surface area is 159 Å². The van der Waals surface area contributed by atoms with Gasteiger partial charge in [0, 0.05) is 12.3 Å². The molecular weight excluding hydrogens is 346 g/mol. The fraction of sp³-hybridized carbons (Fsp3) is 0.381. The average molecular weight is 371 g/mol. The van der Waals surface area contributed by atoms with Gasteiger partial charge in [-0.3, -0.25) is 4.79 Å². The van der Waals surface area contributed by atoms with Gasteiger partial charge in [-0.25, -0.2) is 9.59 Å². The highest BCUT2D eigenvalue weighted by Crippen LogP contribution is 2.33. The number of hydrogen-bond donors (Lipinski definition) is 1. The molecule has 3 unspecified atom stereocenters. The monoisotopic (exact) mass is 371 g/mol. The van der Waals surface area contributed by atoms with E-state index in [0.717, 1.165) is 5.56 Å². The molecular formula is C21H25NO5. The molecule has 0 saturated heterocycles. The van der Waals surface area contributed by atoms with Crippen LogP contribution < -0.4 is 5.32 Å². The number of hydrogen-bond acceptors (Lipinski definition) is 5. The van der Waals surface area contributed by atoms with Crippen molar-refractivity contribution in [1.29, 1.82) is 0 Å². The molecule has 1 aromatic carbocycles. The van der Waals surface area contributed by atoms with Gasteiger partial charge in [-0.2, -0.15) is 0 Å². The van der Waals surface area contributed by atoms with Crippen molar-refractivity contribution >= 4 is 17.8 Å². The van der Waals surface area contributed by atoms with Crippen molar-refractivity contribution < 1.29 is 23.9 Å². The zero-order chi connectivity index (χ0) is 19.9. The number of carbonyl (C=O) groups excluding carboxylic acids is 3. The Kier molecular flexibility index (Phi) is 6.93. The molecule has 0 heterocycles. The lowest BCUT2D eigenvalue weighted by Gasteiger charge is -2.31. The zero-order valence-electron chi connectivity index (χ0n) is 15.8. The van der Waals surface area contributed by atoms with Gasteiger partial charge in [0.05, 0.1) is 19.1 Å². The summed E-state index contributed by atoms with van der Waals surface area (Å²) in [4.78, 5) is 36.3. The SMILES string of the molecule is COC(=O)C(Cc1ccccc1)NC(=O)OCC(C)C1(C)C=CC=CC1=O. The minimum absolute atomic E-state index is 0.0296. The van der Waals surface area contributed by atoms with Crippen LogP contribution in [0.3, 0.4) is 0 Å². The normalized spacial score (nSPS) is 20.6. The van der Waals surface area contributed by atoms with E-state index in [1.54, 1.807) is 6.08 Å². The van der Waals surface area contributed by atoms with Gasteiger partial charge in [0.1, 0.15) is 6.04 Å². The molecule has 0 saturated carbocycles. The number of ketones is 1. The van der Waals surface area contributed by atoms with E-state index in [1.165, 1.54) is 13.2 Å². The second-order valence-corrected chi connectivity index (χ2v) is 6.77. The topological polar surface area (TPSA) is 81.7 Å². The molecule has 6 nitrogen and oxygen atoms in total. The maximum absolute atomic E-state index is 12.2. The van der Waals surface area contributed by atoms with Crippen molar-refractivity contribution in [3.05, 3.63) is 60.2 Å². The number of benzene rings is 1. The first-order valence-electron chi connectivity index (χ1n) is 8.82. The Morgan fingerprint density at radius 2 is 1.89 bits per heavy atom. The number of ether oxygens (including phenoxy) is 2. The van der Waals surface area contributed by atoms with Crippen molar-refractivity contribution in [2.45, 2.75) is 26.3 Å². The summed E-state index contributed by atoms with van der Waals surface area (Å²) in [5.74, 6) is -0.799. The molecule has 2 rings (SSSR count). The summed E-state index contributed by atoms with van der Waals surface area (Å²) in [6.45, 7) is 3.70. The Morgan fingerprint density at radius 1 is 1.19 bits per heavy atom. The van der Waals surface area contributed by atoms with E-state index in [2.05, 4.69) is 5.32 Å². The van der Waals surface area contributed by atoms with Gasteiger partial charge in [-0.1, -0.05) is 55.5 Å². The van der Waals surface area contributed by atoms with Gasteiger partial charge in [0.15, 0.2) is 5.78 Å². The molecule has 0 bridgehead atoms. The van der Waals surface area contributed by atoms with Gasteiger partial charge in [-0.05, 0) is 18.6 Å². The van der Waals surface area contributed by atoms with E-state index in [0.29, 0.717) is 6.42 Å². The Bertz CT molecular complexity index is 740. The molecule has 0 aromatic heterocycles. The molecule has 1 aliphatic rings. The molecule has 0 radical (unpaired) electrons. The van der Waals surface area contributed by atoms with Crippen LogP contribution in [0.2, 0.25) is 0 Å². The first-order valence-corrected chi connectivity index (χ1v) is 8.82. The molecule has 1 aromatic rings.